The second-order valence-corrected chi connectivity index (χ2v) is 5.92. The molecular weight excluding hydrogens is 266 g/mol. The van der Waals surface area contributed by atoms with Crippen LogP contribution in [0.15, 0.2) is 24.3 Å². The van der Waals surface area contributed by atoms with Gasteiger partial charge in [0.1, 0.15) is 5.75 Å². The van der Waals surface area contributed by atoms with Gasteiger partial charge in [0.2, 0.25) is 0 Å². The van der Waals surface area contributed by atoms with Crippen LogP contribution in [0.5, 0.6) is 5.75 Å². The number of para-hydroxylation sites is 2. The lowest BCUT2D eigenvalue weighted by atomic mass is 10.1. The van der Waals surface area contributed by atoms with E-state index in [-0.39, 0.29) is 6.03 Å². The number of ether oxygens (including phenoxy) is 1. The molecule has 1 saturated carbocycles. The molecule has 1 aliphatic carbocycles. The van der Waals surface area contributed by atoms with Crippen LogP contribution in [-0.4, -0.2) is 43.7 Å². The van der Waals surface area contributed by atoms with Crippen molar-refractivity contribution in [1.29, 1.82) is 0 Å². The molecule has 1 atom stereocenters. The number of nitrogens with one attached hydrogen (secondary N) is 2. The van der Waals surface area contributed by atoms with Crippen molar-refractivity contribution in [2.75, 3.05) is 32.1 Å². The quantitative estimate of drug-likeness (QED) is 0.874. The Morgan fingerprint density at radius 3 is 2.90 bits per heavy atom. The van der Waals surface area contributed by atoms with Gasteiger partial charge in [-0.1, -0.05) is 12.1 Å². The lowest BCUT2D eigenvalue weighted by Crippen LogP contribution is -2.34. The average molecular weight is 289 g/mol. The van der Waals surface area contributed by atoms with E-state index in [1.54, 1.807) is 7.11 Å². The summed E-state index contributed by atoms with van der Waals surface area (Å²) in [5, 5.41) is 5.82. The van der Waals surface area contributed by atoms with E-state index >= 15 is 0 Å². The van der Waals surface area contributed by atoms with Crippen LogP contribution in [0.4, 0.5) is 10.5 Å². The Labute approximate surface area is 125 Å². The summed E-state index contributed by atoms with van der Waals surface area (Å²) < 4.78 is 5.22. The van der Waals surface area contributed by atoms with Gasteiger partial charge in [-0.15, -0.1) is 0 Å². The number of amides is 2. The second-order valence-electron chi connectivity index (χ2n) is 5.92. The summed E-state index contributed by atoms with van der Waals surface area (Å²) in [4.78, 5) is 14.5. The number of nitrogens with zero attached hydrogens (tertiary/aromatic N) is 1. The Kier molecular flexibility index (Phi) is 4.29. The van der Waals surface area contributed by atoms with Gasteiger partial charge in [0.15, 0.2) is 0 Å². The highest BCUT2D eigenvalue weighted by Gasteiger charge is 2.34. The van der Waals surface area contributed by atoms with Crippen molar-refractivity contribution in [3.8, 4) is 5.75 Å². The summed E-state index contributed by atoms with van der Waals surface area (Å²) in [7, 11) is 1.60. The Hall–Kier alpha value is -1.75. The van der Waals surface area contributed by atoms with Crippen LogP contribution in [0.2, 0.25) is 0 Å². The SMILES string of the molecule is COc1ccccc1NC(=O)NC[C@H]1CCN(C2CC2)C1. The first-order valence-corrected chi connectivity index (χ1v) is 7.68. The van der Waals surface area contributed by atoms with E-state index in [4.69, 9.17) is 4.74 Å². The summed E-state index contributed by atoms with van der Waals surface area (Å²) >= 11 is 0. The fraction of sp³-hybridized carbons (Fsp3) is 0.562. The third kappa shape index (κ3) is 3.67. The van der Waals surface area contributed by atoms with Crippen LogP contribution in [0.3, 0.4) is 0 Å². The first-order valence-electron chi connectivity index (χ1n) is 7.68. The summed E-state index contributed by atoms with van der Waals surface area (Å²) in [6, 6.07) is 8.10. The molecule has 114 valence electrons. The van der Waals surface area contributed by atoms with Crippen molar-refractivity contribution in [2.45, 2.75) is 25.3 Å². The van der Waals surface area contributed by atoms with E-state index < -0.39 is 0 Å². The molecule has 2 fully saturated rings. The lowest BCUT2D eigenvalue weighted by Gasteiger charge is -2.15. The summed E-state index contributed by atoms with van der Waals surface area (Å²) in [6.07, 6.45) is 3.90. The first kappa shape index (κ1) is 14.2. The first-order chi connectivity index (χ1) is 10.3. The van der Waals surface area contributed by atoms with Crippen molar-refractivity contribution >= 4 is 11.7 Å². The molecule has 1 aliphatic heterocycles. The zero-order chi connectivity index (χ0) is 14.7. The number of methoxy groups -OCH3 is 1. The molecule has 1 aromatic rings. The van der Waals surface area contributed by atoms with E-state index in [2.05, 4.69) is 15.5 Å². The molecule has 0 spiro atoms. The van der Waals surface area contributed by atoms with E-state index in [0.29, 0.717) is 17.4 Å². The van der Waals surface area contributed by atoms with Gasteiger partial charge in [-0.2, -0.15) is 0 Å². The van der Waals surface area contributed by atoms with Gasteiger partial charge in [0.05, 0.1) is 12.8 Å². The number of urea groups is 1. The predicted octanol–water partition coefficient (Wildman–Crippen LogP) is 2.30. The van der Waals surface area contributed by atoms with Crippen LogP contribution in [-0.2, 0) is 0 Å². The minimum atomic E-state index is -0.163. The highest BCUT2D eigenvalue weighted by molar-refractivity contribution is 5.90. The van der Waals surface area contributed by atoms with Gasteiger partial charge in [-0.05, 0) is 43.9 Å². The van der Waals surface area contributed by atoms with Gasteiger partial charge < -0.3 is 20.3 Å². The summed E-state index contributed by atoms with van der Waals surface area (Å²) in [5.74, 6) is 1.25. The molecule has 5 heteroatoms. The normalized spacial score (nSPS) is 22.0. The molecule has 2 aliphatic rings. The van der Waals surface area contributed by atoms with Crippen molar-refractivity contribution < 1.29 is 9.53 Å². The Bertz CT molecular complexity index is 502. The van der Waals surface area contributed by atoms with E-state index in [0.717, 1.165) is 19.1 Å². The molecule has 1 saturated heterocycles. The standard InChI is InChI=1S/C16H23N3O2/c1-21-15-5-3-2-4-14(15)18-16(20)17-10-12-8-9-19(11-12)13-6-7-13/h2-5,12-13H,6-11H2,1H3,(H2,17,18,20)/t12-/m1/s1. The zero-order valence-corrected chi connectivity index (χ0v) is 12.5. The maximum Gasteiger partial charge on any atom is 0.319 e. The molecule has 21 heavy (non-hydrogen) atoms. The monoisotopic (exact) mass is 289 g/mol. The molecule has 0 unspecified atom stereocenters. The molecule has 2 amide bonds. The topological polar surface area (TPSA) is 53.6 Å². The van der Waals surface area contributed by atoms with Gasteiger partial charge in [-0.3, -0.25) is 0 Å². The number of carbonyl (C=O) groups is 1. The molecule has 1 aromatic carbocycles. The van der Waals surface area contributed by atoms with E-state index in [1.807, 2.05) is 24.3 Å². The molecule has 2 N–H and O–H groups in total. The average Bonchev–Trinajstić information content (AvgIpc) is 3.25. The molecule has 3 rings (SSSR count). The number of benzene rings is 1. The third-order valence-corrected chi connectivity index (χ3v) is 4.29. The van der Waals surface area contributed by atoms with Crippen molar-refractivity contribution in [3.63, 3.8) is 0 Å². The molecule has 5 nitrogen and oxygen atoms in total. The number of rotatable bonds is 5. The number of anilines is 1. The van der Waals surface area contributed by atoms with Crippen molar-refractivity contribution in [2.24, 2.45) is 5.92 Å². The van der Waals surface area contributed by atoms with E-state index in [9.17, 15) is 4.79 Å². The Balaban J connectivity index is 1.44. The zero-order valence-electron chi connectivity index (χ0n) is 12.5. The van der Waals surface area contributed by atoms with Crippen LogP contribution < -0.4 is 15.4 Å². The van der Waals surface area contributed by atoms with Gasteiger partial charge >= 0.3 is 6.03 Å². The second kappa shape index (κ2) is 6.35. The Morgan fingerprint density at radius 2 is 2.14 bits per heavy atom. The third-order valence-electron chi connectivity index (χ3n) is 4.29. The molecule has 0 radical (unpaired) electrons. The number of hydrogen-bond donors (Lipinski definition) is 2. The van der Waals surface area contributed by atoms with Crippen LogP contribution >= 0.6 is 0 Å². The Morgan fingerprint density at radius 1 is 1.33 bits per heavy atom. The maximum atomic E-state index is 12.0. The number of carbonyl (C=O) groups excluding carboxylic acids is 1. The van der Waals surface area contributed by atoms with Crippen LogP contribution in [0.1, 0.15) is 19.3 Å². The van der Waals surface area contributed by atoms with Gasteiger partial charge in [0, 0.05) is 19.1 Å². The minimum absolute atomic E-state index is 0.163. The summed E-state index contributed by atoms with van der Waals surface area (Å²) in [5.41, 5.74) is 0.698. The van der Waals surface area contributed by atoms with Crippen molar-refractivity contribution in [1.82, 2.24) is 10.2 Å². The van der Waals surface area contributed by atoms with Crippen LogP contribution in [0.25, 0.3) is 0 Å². The maximum absolute atomic E-state index is 12.0. The molecule has 0 aromatic heterocycles. The van der Waals surface area contributed by atoms with Crippen LogP contribution in [0, 0.1) is 5.92 Å². The number of hydrogen-bond acceptors (Lipinski definition) is 3. The molecule has 0 bridgehead atoms. The minimum Gasteiger partial charge on any atom is -0.495 e. The molecular formula is C16H23N3O2. The predicted molar refractivity (Wildman–Crippen MR) is 82.7 cm³/mol. The lowest BCUT2D eigenvalue weighted by molar-refractivity contribution is 0.249. The number of likely N-dealkylation sites (tertiary alicyclic amines) is 1. The highest BCUT2D eigenvalue weighted by atomic mass is 16.5. The van der Waals surface area contributed by atoms with Crippen molar-refractivity contribution in [3.05, 3.63) is 24.3 Å². The fourth-order valence-corrected chi connectivity index (χ4v) is 2.95. The fourth-order valence-electron chi connectivity index (χ4n) is 2.95. The van der Waals surface area contributed by atoms with E-state index in [1.165, 1.54) is 25.8 Å². The highest BCUT2D eigenvalue weighted by Crippen LogP contribution is 2.31. The molecule has 1 heterocycles. The van der Waals surface area contributed by atoms with Gasteiger partial charge in [0.25, 0.3) is 0 Å². The van der Waals surface area contributed by atoms with Gasteiger partial charge in [-0.25, -0.2) is 4.79 Å². The summed E-state index contributed by atoms with van der Waals surface area (Å²) in [6.45, 7) is 3.05. The smallest absolute Gasteiger partial charge is 0.319 e. The largest absolute Gasteiger partial charge is 0.495 e.